The van der Waals surface area contributed by atoms with Crippen LogP contribution in [0.25, 0.3) is 0 Å². The van der Waals surface area contributed by atoms with Gasteiger partial charge in [0.25, 0.3) is 0 Å². The highest BCUT2D eigenvalue weighted by Crippen LogP contribution is 2.09. The fraction of sp³-hybridized carbons (Fsp3) is 0.625. The van der Waals surface area contributed by atoms with E-state index in [0.717, 1.165) is 44.6 Å². The number of likely N-dealkylation sites (tertiary alicyclic amines) is 1. The molecule has 1 saturated heterocycles. The summed E-state index contributed by atoms with van der Waals surface area (Å²) in [6, 6.07) is 4.02. The molecule has 0 unspecified atom stereocenters. The van der Waals surface area contributed by atoms with Crippen LogP contribution in [0.4, 0.5) is 4.79 Å². The summed E-state index contributed by atoms with van der Waals surface area (Å²) in [6.45, 7) is 4.82. The largest absolute Gasteiger partial charge is 0.335 e. The molecular formula is C16H27N5O. The lowest BCUT2D eigenvalue weighted by molar-refractivity contribution is 0.180. The van der Waals surface area contributed by atoms with E-state index in [0.29, 0.717) is 6.54 Å². The molecule has 2 heterocycles. The van der Waals surface area contributed by atoms with E-state index >= 15 is 0 Å². The second-order valence-electron chi connectivity index (χ2n) is 6.11. The molecule has 1 aliphatic heterocycles. The number of aromatic nitrogens is 1. The first kappa shape index (κ1) is 16.7. The summed E-state index contributed by atoms with van der Waals surface area (Å²) < 4.78 is 0. The first-order chi connectivity index (χ1) is 10.6. The van der Waals surface area contributed by atoms with Crippen molar-refractivity contribution in [3.63, 3.8) is 0 Å². The molecule has 1 aliphatic rings. The molecule has 2 rings (SSSR count). The maximum absolute atomic E-state index is 11.9. The third-order valence-electron chi connectivity index (χ3n) is 3.96. The molecule has 2 amide bonds. The highest BCUT2D eigenvalue weighted by molar-refractivity contribution is 5.74. The van der Waals surface area contributed by atoms with Crippen LogP contribution in [-0.4, -0.2) is 67.1 Å². The molecule has 0 bridgehead atoms. The minimum absolute atomic E-state index is 0.0874. The van der Waals surface area contributed by atoms with Crippen LogP contribution in [-0.2, 0) is 6.54 Å². The van der Waals surface area contributed by atoms with Gasteiger partial charge in [-0.15, -0.1) is 0 Å². The lowest BCUT2D eigenvalue weighted by Gasteiger charge is -2.32. The van der Waals surface area contributed by atoms with E-state index in [1.807, 2.05) is 12.1 Å². The topological polar surface area (TPSA) is 60.5 Å². The summed E-state index contributed by atoms with van der Waals surface area (Å²) in [5.41, 5.74) is 1.01. The van der Waals surface area contributed by atoms with E-state index in [1.165, 1.54) is 0 Å². The highest BCUT2D eigenvalue weighted by atomic mass is 16.2. The smallest absolute Gasteiger partial charge is 0.315 e. The maximum atomic E-state index is 11.9. The highest BCUT2D eigenvalue weighted by Gasteiger charge is 2.20. The van der Waals surface area contributed by atoms with E-state index in [4.69, 9.17) is 0 Å². The zero-order valence-corrected chi connectivity index (χ0v) is 13.6. The van der Waals surface area contributed by atoms with Crippen molar-refractivity contribution < 1.29 is 4.79 Å². The van der Waals surface area contributed by atoms with Gasteiger partial charge in [-0.25, -0.2) is 4.79 Å². The van der Waals surface area contributed by atoms with Crippen LogP contribution in [0.3, 0.4) is 0 Å². The van der Waals surface area contributed by atoms with Gasteiger partial charge in [0.1, 0.15) is 0 Å². The van der Waals surface area contributed by atoms with E-state index in [1.54, 1.807) is 12.4 Å². The molecule has 22 heavy (non-hydrogen) atoms. The Hall–Kier alpha value is -1.66. The first-order valence-electron chi connectivity index (χ1n) is 7.94. The average Bonchev–Trinajstić information content (AvgIpc) is 2.53. The number of pyridine rings is 1. The van der Waals surface area contributed by atoms with Gasteiger partial charge in [-0.3, -0.25) is 4.98 Å². The lowest BCUT2D eigenvalue weighted by atomic mass is 10.1. The van der Waals surface area contributed by atoms with Crippen molar-refractivity contribution in [1.29, 1.82) is 0 Å². The van der Waals surface area contributed by atoms with Gasteiger partial charge in [0.2, 0.25) is 0 Å². The molecule has 0 saturated carbocycles. The minimum Gasteiger partial charge on any atom is -0.335 e. The van der Waals surface area contributed by atoms with Crippen molar-refractivity contribution in [2.24, 2.45) is 0 Å². The fourth-order valence-corrected chi connectivity index (χ4v) is 2.56. The molecule has 0 radical (unpaired) electrons. The van der Waals surface area contributed by atoms with Gasteiger partial charge >= 0.3 is 6.03 Å². The van der Waals surface area contributed by atoms with E-state index in [2.05, 4.69) is 39.5 Å². The number of hydrogen-bond donors (Lipinski definition) is 2. The summed E-state index contributed by atoms with van der Waals surface area (Å²) in [6.07, 6.45) is 5.54. The van der Waals surface area contributed by atoms with Crippen LogP contribution in [0, 0.1) is 0 Å². The SMILES string of the molecule is CN(C)CCN1CCC(NC(=O)NCc2cccnc2)CC1. The second kappa shape index (κ2) is 8.70. The van der Waals surface area contributed by atoms with Gasteiger partial charge in [-0.1, -0.05) is 6.07 Å². The molecule has 0 spiro atoms. The van der Waals surface area contributed by atoms with Crippen LogP contribution < -0.4 is 10.6 Å². The normalized spacial score (nSPS) is 16.7. The summed E-state index contributed by atoms with van der Waals surface area (Å²) in [4.78, 5) is 20.6. The van der Waals surface area contributed by atoms with Crippen molar-refractivity contribution >= 4 is 6.03 Å². The Kier molecular flexibility index (Phi) is 6.61. The van der Waals surface area contributed by atoms with E-state index < -0.39 is 0 Å². The molecule has 0 aromatic carbocycles. The van der Waals surface area contributed by atoms with Crippen LogP contribution in [0.1, 0.15) is 18.4 Å². The van der Waals surface area contributed by atoms with Gasteiger partial charge in [-0.2, -0.15) is 0 Å². The predicted molar refractivity (Wildman–Crippen MR) is 87.6 cm³/mol. The zero-order valence-electron chi connectivity index (χ0n) is 13.6. The number of amides is 2. The van der Waals surface area contributed by atoms with Crippen molar-refractivity contribution in [2.45, 2.75) is 25.4 Å². The molecule has 122 valence electrons. The molecule has 0 aliphatic carbocycles. The Morgan fingerprint density at radius 3 is 2.82 bits per heavy atom. The Morgan fingerprint density at radius 2 is 2.18 bits per heavy atom. The monoisotopic (exact) mass is 305 g/mol. The van der Waals surface area contributed by atoms with E-state index in [9.17, 15) is 4.79 Å². The molecule has 0 atom stereocenters. The second-order valence-corrected chi connectivity index (χ2v) is 6.11. The molecule has 6 nitrogen and oxygen atoms in total. The zero-order chi connectivity index (χ0) is 15.8. The summed E-state index contributed by atoms with van der Waals surface area (Å²) in [5, 5.41) is 5.95. The number of nitrogens with zero attached hydrogens (tertiary/aromatic N) is 3. The van der Waals surface area contributed by atoms with Gasteiger partial charge in [0.05, 0.1) is 0 Å². The Balaban J connectivity index is 1.62. The summed E-state index contributed by atoms with van der Waals surface area (Å²) in [5.74, 6) is 0. The molecule has 1 aromatic heterocycles. The molecule has 1 fully saturated rings. The number of carbonyl (C=O) groups excluding carboxylic acids is 1. The van der Waals surface area contributed by atoms with Crippen molar-refractivity contribution in [2.75, 3.05) is 40.3 Å². The predicted octanol–water partition coefficient (Wildman–Crippen LogP) is 0.907. The van der Waals surface area contributed by atoms with Gasteiger partial charge in [0, 0.05) is 51.2 Å². The van der Waals surface area contributed by atoms with Gasteiger partial charge in [-0.05, 0) is 38.6 Å². The van der Waals surface area contributed by atoms with Crippen LogP contribution in [0.2, 0.25) is 0 Å². The van der Waals surface area contributed by atoms with Crippen LogP contribution in [0.5, 0.6) is 0 Å². The van der Waals surface area contributed by atoms with Gasteiger partial charge in [0.15, 0.2) is 0 Å². The average molecular weight is 305 g/mol. The van der Waals surface area contributed by atoms with E-state index in [-0.39, 0.29) is 12.1 Å². The minimum atomic E-state index is -0.0874. The maximum Gasteiger partial charge on any atom is 0.315 e. The number of hydrogen-bond acceptors (Lipinski definition) is 4. The van der Waals surface area contributed by atoms with Crippen molar-refractivity contribution in [1.82, 2.24) is 25.4 Å². The fourth-order valence-electron chi connectivity index (χ4n) is 2.56. The number of rotatable bonds is 6. The number of piperidine rings is 1. The van der Waals surface area contributed by atoms with Crippen LogP contribution in [0.15, 0.2) is 24.5 Å². The number of urea groups is 1. The Bertz CT molecular complexity index is 443. The Morgan fingerprint density at radius 1 is 1.41 bits per heavy atom. The number of carbonyl (C=O) groups is 1. The summed E-state index contributed by atoms with van der Waals surface area (Å²) >= 11 is 0. The summed E-state index contributed by atoms with van der Waals surface area (Å²) in [7, 11) is 4.20. The quantitative estimate of drug-likeness (QED) is 0.820. The molecule has 6 heteroatoms. The Labute approximate surface area is 132 Å². The molecule has 1 aromatic rings. The molecule has 2 N–H and O–H groups in total. The van der Waals surface area contributed by atoms with Gasteiger partial charge < -0.3 is 20.4 Å². The lowest BCUT2D eigenvalue weighted by Crippen LogP contribution is -2.48. The third-order valence-corrected chi connectivity index (χ3v) is 3.96. The van der Waals surface area contributed by atoms with Crippen LogP contribution >= 0.6 is 0 Å². The molecular weight excluding hydrogens is 278 g/mol. The number of nitrogens with one attached hydrogen (secondary N) is 2. The van der Waals surface area contributed by atoms with Crippen molar-refractivity contribution in [3.05, 3.63) is 30.1 Å². The standard InChI is InChI=1S/C16H27N5O/c1-20(2)10-11-21-8-5-15(6-9-21)19-16(22)18-13-14-4-3-7-17-12-14/h3-4,7,12,15H,5-6,8-11,13H2,1-2H3,(H2,18,19,22). The first-order valence-corrected chi connectivity index (χ1v) is 7.94. The number of likely N-dealkylation sites (N-methyl/N-ethyl adjacent to an activating group) is 1. The van der Waals surface area contributed by atoms with Crippen molar-refractivity contribution in [3.8, 4) is 0 Å². The third kappa shape index (κ3) is 5.99.